The van der Waals surface area contributed by atoms with E-state index in [1.54, 1.807) is 17.0 Å². The van der Waals surface area contributed by atoms with Gasteiger partial charge in [0.15, 0.2) is 0 Å². The van der Waals surface area contributed by atoms with E-state index in [1.807, 2.05) is 61.5 Å². The lowest BCUT2D eigenvalue weighted by atomic mass is 10.1. The summed E-state index contributed by atoms with van der Waals surface area (Å²) in [4.78, 5) is 36.8. The first kappa shape index (κ1) is 21.8. The Kier molecular flexibility index (Phi) is 6.05. The zero-order valence-corrected chi connectivity index (χ0v) is 18.9. The van der Waals surface area contributed by atoms with Crippen molar-refractivity contribution in [2.24, 2.45) is 0 Å². The van der Waals surface area contributed by atoms with E-state index in [1.165, 1.54) is 0 Å². The van der Waals surface area contributed by atoms with E-state index in [4.69, 9.17) is 4.52 Å². The molecule has 1 N–H and O–H groups in total. The summed E-state index contributed by atoms with van der Waals surface area (Å²) in [7, 11) is 0. The smallest absolute Gasteiger partial charge is 0.261 e. The summed E-state index contributed by atoms with van der Waals surface area (Å²) < 4.78 is 5.46. The number of carbonyl (C=O) groups excluding carboxylic acids is 1. The second kappa shape index (κ2) is 9.44. The van der Waals surface area contributed by atoms with Gasteiger partial charge in [-0.3, -0.25) is 14.5 Å². The van der Waals surface area contributed by atoms with E-state index in [2.05, 4.69) is 20.0 Å². The van der Waals surface area contributed by atoms with Gasteiger partial charge in [0.2, 0.25) is 11.7 Å². The Morgan fingerprint density at radius 3 is 2.44 bits per heavy atom. The van der Waals surface area contributed by atoms with Gasteiger partial charge in [-0.2, -0.15) is 4.98 Å². The molecule has 4 aromatic rings. The van der Waals surface area contributed by atoms with Crippen LogP contribution in [-0.2, 0) is 6.54 Å². The summed E-state index contributed by atoms with van der Waals surface area (Å²) in [6.45, 7) is 4.91. The first-order valence-electron chi connectivity index (χ1n) is 11.3. The molecule has 2 aromatic carbocycles. The number of hydrogen-bond acceptors (Lipinski definition) is 6. The number of aromatic amines is 1. The molecular formula is C26H25N5O3. The summed E-state index contributed by atoms with van der Waals surface area (Å²) >= 11 is 0. The molecule has 34 heavy (non-hydrogen) atoms. The molecule has 5 rings (SSSR count). The number of hydrogen-bond donors (Lipinski definition) is 1. The molecule has 8 heteroatoms. The Hall–Kier alpha value is -4.04. The average Bonchev–Trinajstić information content (AvgIpc) is 3.33. The third-order valence-corrected chi connectivity index (χ3v) is 6.10. The molecule has 0 spiro atoms. The highest BCUT2D eigenvalue weighted by Crippen LogP contribution is 2.21. The Labute approximate surface area is 196 Å². The molecule has 0 aliphatic carbocycles. The molecule has 3 heterocycles. The van der Waals surface area contributed by atoms with Crippen LogP contribution in [0.3, 0.4) is 0 Å². The second-order valence-corrected chi connectivity index (χ2v) is 8.38. The third-order valence-electron chi connectivity index (χ3n) is 6.10. The average molecular weight is 456 g/mol. The number of nitrogens with zero attached hydrogens (tertiary/aromatic N) is 4. The summed E-state index contributed by atoms with van der Waals surface area (Å²) in [5.41, 5.74) is 3.43. The van der Waals surface area contributed by atoms with Crippen molar-refractivity contribution in [1.29, 1.82) is 0 Å². The van der Waals surface area contributed by atoms with Crippen LogP contribution in [-0.4, -0.2) is 57.0 Å². The molecule has 172 valence electrons. The van der Waals surface area contributed by atoms with E-state index < -0.39 is 0 Å². The quantitative estimate of drug-likeness (QED) is 0.496. The minimum Gasteiger partial charge on any atom is -0.338 e. The van der Waals surface area contributed by atoms with Crippen LogP contribution in [0.5, 0.6) is 0 Å². The molecule has 1 aliphatic rings. The number of benzene rings is 2. The number of pyridine rings is 1. The highest BCUT2D eigenvalue weighted by atomic mass is 16.5. The van der Waals surface area contributed by atoms with Crippen LogP contribution >= 0.6 is 0 Å². The lowest BCUT2D eigenvalue weighted by Gasteiger charge is -2.33. The van der Waals surface area contributed by atoms with Crippen LogP contribution in [0.25, 0.3) is 22.6 Å². The fourth-order valence-electron chi connectivity index (χ4n) is 4.15. The van der Waals surface area contributed by atoms with E-state index in [0.29, 0.717) is 50.1 Å². The first-order chi connectivity index (χ1) is 16.6. The molecule has 1 amide bonds. The lowest BCUT2D eigenvalue weighted by Crippen LogP contribution is -2.49. The molecule has 0 unspecified atom stereocenters. The monoisotopic (exact) mass is 455 g/mol. The number of carbonyl (C=O) groups is 1. The van der Waals surface area contributed by atoms with Crippen molar-refractivity contribution in [1.82, 2.24) is 24.9 Å². The van der Waals surface area contributed by atoms with Crippen molar-refractivity contribution in [3.05, 3.63) is 94.1 Å². The molecule has 8 nitrogen and oxygen atoms in total. The van der Waals surface area contributed by atoms with Crippen molar-refractivity contribution in [2.45, 2.75) is 13.5 Å². The number of piperazine rings is 1. The lowest BCUT2D eigenvalue weighted by molar-refractivity contribution is 0.0613. The van der Waals surface area contributed by atoms with Gasteiger partial charge in [0.1, 0.15) is 5.56 Å². The third kappa shape index (κ3) is 4.53. The maximum Gasteiger partial charge on any atom is 0.261 e. The van der Waals surface area contributed by atoms with Gasteiger partial charge in [-0.05, 0) is 30.2 Å². The van der Waals surface area contributed by atoms with Crippen LogP contribution in [0.15, 0.2) is 76.0 Å². The highest BCUT2D eigenvalue weighted by molar-refractivity contribution is 5.94. The van der Waals surface area contributed by atoms with Gasteiger partial charge in [-0.15, -0.1) is 0 Å². The summed E-state index contributed by atoms with van der Waals surface area (Å²) in [5.74, 6) is 0.881. The Morgan fingerprint density at radius 2 is 1.71 bits per heavy atom. The van der Waals surface area contributed by atoms with Crippen LogP contribution in [0, 0.1) is 6.92 Å². The Balaban J connectivity index is 1.20. The standard InChI is InChI=1S/C26H25N5O3/c1-18-7-5-6-10-20(18)24-28-23(34-29-24)17-30-13-15-31(16-14-30)26(33)21-11-12-22(27-25(21)32)19-8-3-2-4-9-19/h2-12H,13-17H2,1H3,(H,27,32). The van der Waals surface area contributed by atoms with Gasteiger partial charge in [0.05, 0.1) is 6.54 Å². The first-order valence-corrected chi connectivity index (χ1v) is 11.3. The van der Waals surface area contributed by atoms with E-state index in [0.717, 1.165) is 16.7 Å². The van der Waals surface area contributed by atoms with Gasteiger partial charge in [-0.1, -0.05) is 59.8 Å². The van der Waals surface area contributed by atoms with Gasteiger partial charge in [-0.25, -0.2) is 0 Å². The number of nitrogens with one attached hydrogen (secondary N) is 1. The Morgan fingerprint density at radius 1 is 0.971 bits per heavy atom. The van der Waals surface area contributed by atoms with Crippen LogP contribution in [0.1, 0.15) is 21.8 Å². The highest BCUT2D eigenvalue weighted by Gasteiger charge is 2.25. The molecule has 1 fully saturated rings. The Bertz CT molecular complexity index is 1350. The fourth-order valence-corrected chi connectivity index (χ4v) is 4.15. The van der Waals surface area contributed by atoms with Crippen molar-refractivity contribution >= 4 is 5.91 Å². The molecular weight excluding hydrogens is 430 g/mol. The van der Waals surface area contributed by atoms with Crippen LogP contribution in [0.4, 0.5) is 0 Å². The normalized spacial score (nSPS) is 14.3. The fraction of sp³-hybridized carbons (Fsp3) is 0.231. The van der Waals surface area contributed by atoms with Gasteiger partial charge in [0, 0.05) is 37.4 Å². The minimum atomic E-state index is -0.372. The van der Waals surface area contributed by atoms with Crippen molar-refractivity contribution in [3.63, 3.8) is 0 Å². The maximum absolute atomic E-state index is 13.0. The predicted molar refractivity (Wildman–Crippen MR) is 128 cm³/mol. The van der Waals surface area contributed by atoms with Gasteiger partial charge >= 0.3 is 0 Å². The number of aromatic nitrogens is 3. The molecule has 1 saturated heterocycles. The number of H-pyrrole nitrogens is 1. The molecule has 0 saturated carbocycles. The van der Waals surface area contributed by atoms with Crippen LogP contribution < -0.4 is 5.56 Å². The topological polar surface area (TPSA) is 95.3 Å². The number of rotatable bonds is 5. The SMILES string of the molecule is Cc1ccccc1-c1noc(CN2CCN(C(=O)c3ccc(-c4ccccc4)[nH]c3=O)CC2)n1. The molecule has 1 aliphatic heterocycles. The molecule has 0 atom stereocenters. The minimum absolute atomic E-state index is 0.160. The zero-order valence-electron chi connectivity index (χ0n) is 18.9. The summed E-state index contributed by atoms with van der Waals surface area (Å²) in [6.07, 6.45) is 0. The van der Waals surface area contributed by atoms with Gasteiger partial charge < -0.3 is 14.4 Å². The summed E-state index contributed by atoms with van der Waals surface area (Å²) in [6, 6.07) is 20.9. The number of amides is 1. The van der Waals surface area contributed by atoms with Crippen molar-refractivity contribution in [2.75, 3.05) is 26.2 Å². The largest absolute Gasteiger partial charge is 0.338 e. The van der Waals surface area contributed by atoms with Gasteiger partial charge in [0.25, 0.3) is 11.5 Å². The second-order valence-electron chi connectivity index (χ2n) is 8.38. The van der Waals surface area contributed by atoms with E-state index in [9.17, 15) is 9.59 Å². The molecule has 0 radical (unpaired) electrons. The number of aryl methyl sites for hydroxylation is 1. The van der Waals surface area contributed by atoms with Crippen molar-refractivity contribution < 1.29 is 9.32 Å². The summed E-state index contributed by atoms with van der Waals surface area (Å²) in [5, 5.41) is 4.12. The zero-order chi connectivity index (χ0) is 23.5. The van der Waals surface area contributed by atoms with Crippen molar-refractivity contribution in [3.8, 4) is 22.6 Å². The van der Waals surface area contributed by atoms with E-state index in [-0.39, 0.29) is 17.0 Å². The predicted octanol–water partition coefficient (Wildman–Crippen LogP) is 3.36. The maximum atomic E-state index is 13.0. The molecule has 2 aromatic heterocycles. The van der Waals surface area contributed by atoms with Crippen LogP contribution in [0.2, 0.25) is 0 Å². The van der Waals surface area contributed by atoms with E-state index >= 15 is 0 Å². The molecule has 0 bridgehead atoms.